The number of nitrogens with two attached hydrogens (primary N) is 1. The number of hydrogen-bond acceptors (Lipinski definition) is 7. The number of carbonyl (C=O) groups is 2. The molecule has 0 aliphatic rings. The molecular weight excluding hydrogens is 442 g/mol. The van der Waals surface area contributed by atoms with Crippen LogP contribution in [0.3, 0.4) is 0 Å². The highest BCUT2D eigenvalue weighted by Gasteiger charge is 2.12. The van der Waals surface area contributed by atoms with Crippen LogP contribution in [0.5, 0.6) is 11.5 Å². The number of ether oxygens (including phenoxy) is 2. The van der Waals surface area contributed by atoms with Gasteiger partial charge in [-0.1, -0.05) is 23.4 Å². The molecule has 33 heavy (non-hydrogen) atoms. The number of aromatic nitrogens is 1. The van der Waals surface area contributed by atoms with Crippen LogP contribution in [0.4, 0.5) is 5.69 Å². The number of thioether (sulfide) groups is 1. The second kappa shape index (κ2) is 11.2. The van der Waals surface area contributed by atoms with Crippen molar-refractivity contribution in [3.05, 3.63) is 71.1 Å². The summed E-state index contributed by atoms with van der Waals surface area (Å²) in [5.41, 5.74) is 8.27. The van der Waals surface area contributed by atoms with Crippen molar-refractivity contribution < 1.29 is 23.6 Å². The van der Waals surface area contributed by atoms with E-state index in [1.807, 2.05) is 32.0 Å². The van der Waals surface area contributed by atoms with Crippen molar-refractivity contribution in [2.24, 2.45) is 5.73 Å². The van der Waals surface area contributed by atoms with Gasteiger partial charge in [-0.15, -0.1) is 11.8 Å². The summed E-state index contributed by atoms with van der Waals surface area (Å²) >= 11 is 1.27. The molecule has 2 amide bonds. The number of para-hydroxylation sites is 1. The van der Waals surface area contributed by atoms with Crippen LogP contribution < -0.4 is 20.5 Å². The molecule has 0 saturated heterocycles. The lowest BCUT2D eigenvalue weighted by Gasteiger charge is -2.11. The van der Waals surface area contributed by atoms with Crippen molar-refractivity contribution in [1.82, 2.24) is 5.16 Å². The molecular formula is C24H25N3O5S. The number of amides is 2. The quantitative estimate of drug-likeness (QED) is 0.340. The van der Waals surface area contributed by atoms with E-state index in [-0.39, 0.29) is 11.7 Å². The van der Waals surface area contributed by atoms with E-state index in [1.54, 1.807) is 37.5 Å². The second-order valence-electron chi connectivity index (χ2n) is 7.08. The fourth-order valence-corrected chi connectivity index (χ4v) is 3.70. The summed E-state index contributed by atoms with van der Waals surface area (Å²) in [6.07, 6.45) is 3.10. The zero-order valence-electron chi connectivity index (χ0n) is 18.6. The third-order valence-corrected chi connectivity index (χ3v) is 5.78. The van der Waals surface area contributed by atoms with Gasteiger partial charge < -0.3 is 25.0 Å². The lowest BCUT2D eigenvalue weighted by atomic mass is 10.1. The molecule has 172 valence electrons. The van der Waals surface area contributed by atoms with Gasteiger partial charge in [-0.2, -0.15) is 0 Å². The van der Waals surface area contributed by atoms with E-state index in [2.05, 4.69) is 10.5 Å². The first-order chi connectivity index (χ1) is 15.9. The van der Waals surface area contributed by atoms with E-state index in [1.165, 1.54) is 17.8 Å². The van der Waals surface area contributed by atoms with Gasteiger partial charge in [0.05, 0.1) is 29.8 Å². The highest BCUT2D eigenvalue weighted by atomic mass is 32.2. The molecule has 3 N–H and O–H groups in total. The molecule has 0 aliphatic carbocycles. The van der Waals surface area contributed by atoms with Crippen LogP contribution in [-0.4, -0.2) is 29.8 Å². The highest BCUT2D eigenvalue weighted by Crippen LogP contribution is 2.30. The number of nitrogens with one attached hydrogen (secondary N) is 1. The second-order valence-corrected chi connectivity index (χ2v) is 8.09. The maximum atomic E-state index is 12.4. The predicted octanol–water partition coefficient (Wildman–Crippen LogP) is 4.11. The number of carbonyl (C=O) groups excluding carboxylic acids is 2. The van der Waals surface area contributed by atoms with Gasteiger partial charge in [0.15, 0.2) is 11.5 Å². The van der Waals surface area contributed by atoms with Gasteiger partial charge >= 0.3 is 0 Å². The minimum atomic E-state index is -0.422. The normalized spacial score (nSPS) is 10.9. The third kappa shape index (κ3) is 6.63. The van der Waals surface area contributed by atoms with Gasteiger partial charge in [0, 0.05) is 11.0 Å². The molecule has 0 atom stereocenters. The molecule has 2 aromatic carbocycles. The number of aryl methyl sites for hydroxylation is 2. The molecule has 0 unspecified atom stereocenters. The van der Waals surface area contributed by atoms with Crippen LogP contribution in [0.25, 0.3) is 6.08 Å². The van der Waals surface area contributed by atoms with Crippen LogP contribution in [0.15, 0.2) is 58.0 Å². The predicted molar refractivity (Wildman–Crippen MR) is 127 cm³/mol. The summed E-state index contributed by atoms with van der Waals surface area (Å²) in [6, 6.07) is 12.6. The van der Waals surface area contributed by atoms with Crippen LogP contribution >= 0.6 is 11.8 Å². The molecule has 9 heteroatoms. The first-order valence-electron chi connectivity index (χ1n) is 10.1. The summed E-state index contributed by atoms with van der Waals surface area (Å²) in [5, 5.41) is 6.75. The van der Waals surface area contributed by atoms with Crippen LogP contribution in [-0.2, 0) is 16.2 Å². The number of rotatable bonds is 10. The van der Waals surface area contributed by atoms with Crippen molar-refractivity contribution in [1.29, 1.82) is 0 Å². The summed E-state index contributed by atoms with van der Waals surface area (Å²) in [4.78, 5) is 24.2. The van der Waals surface area contributed by atoms with Gasteiger partial charge in [-0.25, -0.2) is 0 Å². The Kier molecular flexibility index (Phi) is 8.15. The number of primary amides is 1. The minimum Gasteiger partial charge on any atom is -0.493 e. The summed E-state index contributed by atoms with van der Waals surface area (Å²) < 4.78 is 16.5. The van der Waals surface area contributed by atoms with Gasteiger partial charge in [0.25, 0.3) is 0 Å². The molecule has 3 rings (SSSR count). The van der Waals surface area contributed by atoms with E-state index >= 15 is 0 Å². The molecule has 0 spiro atoms. The Bertz CT molecular complexity index is 1150. The number of nitrogens with zero attached hydrogens (tertiary/aromatic N) is 1. The summed E-state index contributed by atoms with van der Waals surface area (Å²) in [7, 11) is 1.55. The van der Waals surface area contributed by atoms with Crippen LogP contribution in [0.2, 0.25) is 0 Å². The smallest absolute Gasteiger partial charge is 0.248 e. The number of hydrogen-bond donors (Lipinski definition) is 2. The van der Waals surface area contributed by atoms with Gasteiger partial charge in [0.1, 0.15) is 12.4 Å². The molecule has 0 bridgehead atoms. The van der Waals surface area contributed by atoms with Crippen molar-refractivity contribution in [3.63, 3.8) is 0 Å². The van der Waals surface area contributed by atoms with Crippen molar-refractivity contribution >= 4 is 35.3 Å². The standard InChI is InChI=1S/C24H25N3O5S/c1-15-18(16(2)32-27-15)13-31-20-10-8-17(12-21(20)30-3)9-11-24(29)26-19-6-4-5-7-22(19)33-14-23(25)28/h4-12H,13-14H2,1-3H3,(H2,25,28)(H,26,29)/b11-9+. The van der Waals surface area contributed by atoms with Crippen molar-refractivity contribution in [2.75, 3.05) is 18.2 Å². The largest absolute Gasteiger partial charge is 0.493 e. The Balaban J connectivity index is 1.65. The fraction of sp³-hybridized carbons (Fsp3) is 0.208. The molecule has 0 radical (unpaired) electrons. The molecule has 0 fully saturated rings. The van der Waals surface area contributed by atoms with Gasteiger partial charge in [-0.3, -0.25) is 9.59 Å². The number of anilines is 1. The SMILES string of the molecule is COc1cc(/C=C/C(=O)Nc2ccccc2SCC(N)=O)ccc1OCc1c(C)noc1C. The third-order valence-electron chi connectivity index (χ3n) is 4.68. The Morgan fingerprint density at radius 2 is 1.97 bits per heavy atom. The fourth-order valence-electron chi connectivity index (χ4n) is 2.96. The molecule has 0 aliphatic heterocycles. The van der Waals surface area contributed by atoms with Crippen molar-refractivity contribution in [2.45, 2.75) is 25.3 Å². The molecule has 8 nitrogen and oxygen atoms in total. The first kappa shape index (κ1) is 23.9. The minimum absolute atomic E-state index is 0.132. The lowest BCUT2D eigenvalue weighted by Crippen LogP contribution is -2.13. The van der Waals surface area contributed by atoms with Crippen molar-refractivity contribution in [3.8, 4) is 11.5 Å². The Hall–Kier alpha value is -3.72. The Labute approximate surface area is 196 Å². The monoisotopic (exact) mass is 467 g/mol. The van der Waals surface area contributed by atoms with E-state index in [4.69, 9.17) is 19.7 Å². The summed E-state index contributed by atoms with van der Waals surface area (Å²) in [5.74, 6) is 1.23. The Morgan fingerprint density at radius 3 is 2.67 bits per heavy atom. The average molecular weight is 468 g/mol. The van der Waals surface area contributed by atoms with Crippen LogP contribution in [0.1, 0.15) is 22.6 Å². The van der Waals surface area contributed by atoms with Gasteiger partial charge in [0.2, 0.25) is 11.8 Å². The molecule has 0 saturated carbocycles. The van der Waals surface area contributed by atoms with Gasteiger partial charge in [-0.05, 0) is 49.8 Å². The molecule has 1 heterocycles. The topological polar surface area (TPSA) is 117 Å². The highest BCUT2D eigenvalue weighted by molar-refractivity contribution is 8.00. The maximum Gasteiger partial charge on any atom is 0.248 e. The average Bonchev–Trinajstić information content (AvgIpc) is 3.13. The number of benzene rings is 2. The molecule has 3 aromatic rings. The maximum absolute atomic E-state index is 12.4. The lowest BCUT2D eigenvalue weighted by molar-refractivity contribution is -0.115. The molecule has 1 aromatic heterocycles. The first-order valence-corrected chi connectivity index (χ1v) is 11.1. The zero-order chi connectivity index (χ0) is 23.8. The Morgan fingerprint density at radius 1 is 1.18 bits per heavy atom. The van der Waals surface area contributed by atoms with E-state index < -0.39 is 5.91 Å². The summed E-state index contributed by atoms with van der Waals surface area (Å²) in [6.45, 7) is 4.01. The van der Waals surface area contributed by atoms with E-state index in [0.717, 1.165) is 21.7 Å². The zero-order valence-corrected chi connectivity index (χ0v) is 19.4. The van der Waals surface area contributed by atoms with Crippen LogP contribution in [0, 0.1) is 13.8 Å². The van der Waals surface area contributed by atoms with E-state index in [0.29, 0.717) is 29.6 Å². The van der Waals surface area contributed by atoms with E-state index in [9.17, 15) is 9.59 Å². The number of methoxy groups -OCH3 is 1.